The minimum Gasteiger partial charge on any atom is -0.362 e. The molecular formula is C12H13N3. The van der Waals surface area contributed by atoms with Crippen LogP contribution in [-0.4, -0.2) is 24.1 Å². The fraction of sp³-hybridized carbons (Fsp3) is 0.167. The van der Waals surface area contributed by atoms with E-state index in [1.54, 1.807) is 12.4 Å². The maximum absolute atomic E-state index is 4.34. The monoisotopic (exact) mass is 199 g/mol. The van der Waals surface area contributed by atoms with E-state index >= 15 is 0 Å². The Kier molecular flexibility index (Phi) is 2.63. The van der Waals surface area contributed by atoms with Crippen LogP contribution in [0.3, 0.4) is 0 Å². The number of hydrogen-bond donors (Lipinski definition) is 0. The molecule has 0 N–H and O–H groups in total. The zero-order valence-electron chi connectivity index (χ0n) is 8.88. The first-order chi connectivity index (χ1) is 7.29. The molecule has 0 saturated carbocycles. The standard InChI is InChI=1S/C12H13N3/c1-15(2)12-10(6-5-9-14-12)11-7-3-4-8-13-11/h3-9H,1-2H3. The van der Waals surface area contributed by atoms with Crippen molar-refractivity contribution in [3.63, 3.8) is 0 Å². The van der Waals surface area contributed by atoms with Gasteiger partial charge in [0, 0.05) is 32.1 Å². The largest absolute Gasteiger partial charge is 0.362 e. The summed E-state index contributed by atoms with van der Waals surface area (Å²) < 4.78 is 0. The van der Waals surface area contributed by atoms with E-state index in [-0.39, 0.29) is 0 Å². The van der Waals surface area contributed by atoms with Gasteiger partial charge in [-0.3, -0.25) is 4.98 Å². The van der Waals surface area contributed by atoms with Gasteiger partial charge in [0.1, 0.15) is 5.82 Å². The molecule has 0 amide bonds. The van der Waals surface area contributed by atoms with Crippen LogP contribution in [0, 0.1) is 0 Å². The summed E-state index contributed by atoms with van der Waals surface area (Å²) in [5.41, 5.74) is 2.01. The Morgan fingerprint density at radius 1 is 0.933 bits per heavy atom. The quantitative estimate of drug-likeness (QED) is 0.742. The third-order valence-corrected chi connectivity index (χ3v) is 2.15. The lowest BCUT2D eigenvalue weighted by Gasteiger charge is -2.15. The van der Waals surface area contributed by atoms with Crippen molar-refractivity contribution in [1.29, 1.82) is 0 Å². The first kappa shape index (κ1) is 9.65. The highest BCUT2D eigenvalue weighted by Gasteiger charge is 2.07. The molecule has 0 unspecified atom stereocenters. The van der Waals surface area contributed by atoms with Crippen LogP contribution in [0.15, 0.2) is 42.7 Å². The molecule has 0 saturated heterocycles. The van der Waals surface area contributed by atoms with Crippen LogP contribution in [0.5, 0.6) is 0 Å². The van der Waals surface area contributed by atoms with Gasteiger partial charge < -0.3 is 4.90 Å². The maximum Gasteiger partial charge on any atom is 0.137 e. The number of hydrogen-bond acceptors (Lipinski definition) is 3. The Morgan fingerprint density at radius 3 is 2.40 bits per heavy atom. The van der Waals surface area contributed by atoms with Crippen molar-refractivity contribution in [1.82, 2.24) is 9.97 Å². The van der Waals surface area contributed by atoms with Crippen molar-refractivity contribution in [2.75, 3.05) is 19.0 Å². The van der Waals surface area contributed by atoms with Crippen LogP contribution in [0.4, 0.5) is 5.82 Å². The van der Waals surface area contributed by atoms with Crippen LogP contribution >= 0.6 is 0 Å². The van der Waals surface area contributed by atoms with Crippen molar-refractivity contribution in [2.45, 2.75) is 0 Å². The SMILES string of the molecule is CN(C)c1ncccc1-c1ccccn1. The van der Waals surface area contributed by atoms with E-state index < -0.39 is 0 Å². The van der Waals surface area contributed by atoms with E-state index in [0.717, 1.165) is 17.1 Å². The molecule has 0 radical (unpaired) electrons. The summed E-state index contributed by atoms with van der Waals surface area (Å²) in [5, 5.41) is 0. The van der Waals surface area contributed by atoms with Crippen molar-refractivity contribution in [3.05, 3.63) is 42.7 Å². The summed E-state index contributed by atoms with van der Waals surface area (Å²) in [5.74, 6) is 0.941. The lowest BCUT2D eigenvalue weighted by molar-refractivity contribution is 1.07. The Balaban J connectivity index is 2.53. The minimum absolute atomic E-state index is 0.941. The molecule has 76 valence electrons. The molecule has 15 heavy (non-hydrogen) atoms. The van der Waals surface area contributed by atoms with Gasteiger partial charge in [0.25, 0.3) is 0 Å². The van der Waals surface area contributed by atoms with Gasteiger partial charge in [0.05, 0.1) is 5.69 Å². The Labute approximate surface area is 89.4 Å². The first-order valence-corrected chi connectivity index (χ1v) is 4.83. The fourth-order valence-corrected chi connectivity index (χ4v) is 1.48. The van der Waals surface area contributed by atoms with E-state index in [1.807, 2.05) is 49.3 Å². The molecule has 0 fully saturated rings. The van der Waals surface area contributed by atoms with Crippen LogP contribution in [0.25, 0.3) is 11.3 Å². The van der Waals surface area contributed by atoms with Crippen LogP contribution < -0.4 is 4.90 Å². The van der Waals surface area contributed by atoms with Crippen molar-refractivity contribution < 1.29 is 0 Å². The highest BCUT2D eigenvalue weighted by molar-refractivity contribution is 5.72. The average Bonchev–Trinajstić information content (AvgIpc) is 2.30. The first-order valence-electron chi connectivity index (χ1n) is 4.83. The minimum atomic E-state index is 0.941. The second kappa shape index (κ2) is 4.09. The predicted octanol–water partition coefficient (Wildman–Crippen LogP) is 2.21. The zero-order chi connectivity index (χ0) is 10.7. The highest BCUT2D eigenvalue weighted by atomic mass is 15.1. The molecule has 2 aromatic rings. The average molecular weight is 199 g/mol. The topological polar surface area (TPSA) is 29.0 Å². The van der Waals surface area contributed by atoms with Crippen molar-refractivity contribution in [2.24, 2.45) is 0 Å². The predicted molar refractivity (Wildman–Crippen MR) is 61.8 cm³/mol. The van der Waals surface area contributed by atoms with E-state index in [9.17, 15) is 0 Å². The van der Waals surface area contributed by atoms with Crippen LogP contribution in [0.2, 0.25) is 0 Å². The summed E-state index contributed by atoms with van der Waals surface area (Å²) in [6.45, 7) is 0. The molecular weight excluding hydrogens is 186 g/mol. The number of anilines is 1. The molecule has 3 nitrogen and oxygen atoms in total. The normalized spacial score (nSPS) is 10.0. The van der Waals surface area contributed by atoms with E-state index in [4.69, 9.17) is 0 Å². The molecule has 0 atom stereocenters. The number of nitrogens with zero attached hydrogens (tertiary/aromatic N) is 3. The summed E-state index contributed by atoms with van der Waals surface area (Å²) >= 11 is 0. The second-order valence-electron chi connectivity index (χ2n) is 3.48. The van der Waals surface area contributed by atoms with E-state index in [2.05, 4.69) is 9.97 Å². The molecule has 0 spiro atoms. The Hall–Kier alpha value is -1.90. The molecule has 2 aromatic heterocycles. The summed E-state index contributed by atoms with van der Waals surface area (Å²) in [7, 11) is 3.96. The van der Waals surface area contributed by atoms with Gasteiger partial charge in [-0.1, -0.05) is 6.07 Å². The smallest absolute Gasteiger partial charge is 0.137 e. The molecule has 0 aliphatic heterocycles. The van der Waals surface area contributed by atoms with Crippen LogP contribution in [-0.2, 0) is 0 Å². The molecule has 0 bridgehead atoms. The van der Waals surface area contributed by atoms with E-state index in [1.165, 1.54) is 0 Å². The fourth-order valence-electron chi connectivity index (χ4n) is 1.48. The summed E-state index contributed by atoms with van der Waals surface area (Å²) in [4.78, 5) is 10.7. The van der Waals surface area contributed by atoms with Gasteiger partial charge in [0.2, 0.25) is 0 Å². The lowest BCUT2D eigenvalue weighted by Crippen LogP contribution is -2.11. The molecule has 0 aliphatic carbocycles. The van der Waals surface area contributed by atoms with Crippen LogP contribution in [0.1, 0.15) is 0 Å². The second-order valence-corrected chi connectivity index (χ2v) is 3.48. The van der Waals surface area contributed by atoms with Gasteiger partial charge in [-0.25, -0.2) is 4.98 Å². The molecule has 2 heterocycles. The number of aromatic nitrogens is 2. The number of rotatable bonds is 2. The van der Waals surface area contributed by atoms with Gasteiger partial charge in [0.15, 0.2) is 0 Å². The third-order valence-electron chi connectivity index (χ3n) is 2.15. The highest BCUT2D eigenvalue weighted by Crippen LogP contribution is 2.25. The molecule has 2 rings (SSSR count). The Bertz CT molecular complexity index is 438. The molecule has 3 heteroatoms. The van der Waals surface area contributed by atoms with Gasteiger partial charge in [-0.05, 0) is 24.3 Å². The zero-order valence-corrected chi connectivity index (χ0v) is 8.88. The summed E-state index contributed by atoms with van der Waals surface area (Å²) in [6.07, 6.45) is 3.59. The van der Waals surface area contributed by atoms with E-state index in [0.29, 0.717) is 0 Å². The van der Waals surface area contributed by atoms with Gasteiger partial charge >= 0.3 is 0 Å². The maximum atomic E-state index is 4.34. The molecule has 0 aliphatic rings. The van der Waals surface area contributed by atoms with Crippen molar-refractivity contribution in [3.8, 4) is 11.3 Å². The summed E-state index contributed by atoms with van der Waals surface area (Å²) in [6, 6.07) is 9.84. The van der Waals surface area contributed by atoms with Gasteiger partial charge in [-0.2, -0.15) is 0 Å². The van der Waals surface area contributed by atoms with Crippen molar-refractivity contribution >= 4 is 5.82 Å². The third kappa shape index (κ3) is 1.96. The Morgan fingerprint density at radius 2 is 1.73 bits per heavy atom. The van der Waals surface area contributed by atoms with Gasteiger partial charge in [-0.15, -0.1) is 0 Å². The molecule has 0 aromatic carbocycles. The number of pyridine rings is 2. The lowest BCUT2D eigenvalue weighted by atomic mass is 10.1.